The fraction of sp³-hybridized carbons (Fsp3) is 0.286. The molecule has 2 nitrogen and oxygen atoms in total. The Bertz CT molecular complexity index is 515. The van der Waals surface area contributed by atoms with E-state index < -0.39 is 0 Å². The second kappa shape index (κ2) is 3.80. The van der Waals surface area contributed by atoms with Crippen molar-refractivity contribution in [1.82, 2.24) is 5.32 Å². The number of aromatic hydroxyl groups is 1. The molecule has 0 unspecified atom stereocenters. The number of hydrogen-bond acceptors (Lipinski definition) is 2. The van der Waals surface area contributed by atoms with Gasteiger partial charge in [-0.15, -0.1) is 0 Å². The average molecular weight is 213 g/mol. The van der Waals surface area contributed by atoms with Crippen molar-refractivity contribution >= 4 is 10.8 Å². The molecular weight excluding hydrogens is 198 g/mol. The summed E-state index contributed by atoms with van der Waals surface area (Å²) in [4.78, 5) is 0. The van der Waals surface area contributed by atoms with Gasteiger partial charge >= 0.3 is 0 Å². The normalized spacial score (nSPS) is 20.4. The summed E-state index contributed by atoms with van der Waals surface area (Å²) in [6, 6.07) is 12.4. The lowest BCUT2D eigenvalue weighted by molar-refractivity contribution is 0.463. The molecule has 2 aromatic carbocycles. The van der Waals surface area contributed by atoms with Crippen LogP contribution in [0.5, 0.6) is 5.75 Å². The van der Waals surface area contributed by atoms with Crippen molar-refractivity contribution in [2.75, 3.05) is 6.54 Å². The Labute approximate surface area is 94.9 Å². The molecule has 2 N–H and O–H groups in total. The van der Waals surface area contributed by atoms with E-state index in [1.54, 1.807) is 0 Å². The van der Waals surface area contributed by atoms with Crippen LogP contribution in [0.15, 0.2) is 36.4 Å². The third kappa shape index (κ3) is 1.46. The molecule has 0 radical (unpaired) electrons. The molecule has 1 atom stereocenters. The molecule has 16 heavy (non-hydrogen) atoms. The van der Waals surface area contributed by atoms with Gasteiger partial charge in [0.15, 0.2) is 0 Å². The lowest BCUT2D eigenvalue weighted by Crippen LogP contribution is -2.12. The molecule has 0 aromatic heterocycles. The molecule has 2 aromatic rings. The molecule has 0 saturated carbocycles. The first kappa shape index (κ1) is 9.67. The molecule has 0 aliphatic carbocycles. The Balaban J connectivity index is 2.15. The number of hydrogen-bond donors (Lipinski definition) is 2. The molecule has 1 aliphatic heterocycles. The summed E-state index contributed by atoms with van der Waals surface area (Å²) in [6.07, 6.45) is 2.31. The van der Waals surface area contributed by atoms with Gasteiger partial charge in [0, 0.05) is 17.0 Å². The van der Waals surface area contributed by atoms with Gasteiger partial charge in [0.1, 0.15) is 5.75 Å². The van der Waals surface area contributed by atoms with Crippen molar-refractivity contribution in [2.45, 2.75) is 18.9 Å². The van der Waals surface area contributed by atoms with E-state index in [2.05, 4.69) is 11.4 Å². The molecule has 1 heterocycles. The predicted octanol–water partition coefficient (Wildman–Crippen LogP) is 2.97. The Morgan fingerprint density at radius 1 is 1.12 bits per heavy atom. The van der Waals surface area contributed by atoms with Crippen LogP contribution in [-0.2, 0) is 0 Å². The minimum Gasteiger partial charge on any atom is -0.507 e. The average Bonchev–Trinajstić information content (AvgIpc) is 2.83. The second-order valence-electron chi connectivity index (χ2n) is 4.37. The van der Waals surface area contributed by atoms with E-state index in [1.165, 1.54) is 6.42 Å². The zero-order chi connectivity index (χ0) is 11.0. The lowest BCUT2D eigenvalue weighted by Gasteiger charge is -2.14. The van der Waals surface area contributed by atoms with Crippen LogP contribution < -0.4 is 5.32 Å². The largest absolute Gasteiger partial charge is 0.507 e. The van der Waals surface area contributed by atoms with Gasteiger partial charge in [-0.05, 0) is 24.8 Å². The number of phenolic OH excluding ortho intramolecular Hbond substituents is 1. The molecule has 0 spiro atoms. The fourth-order valence-corrected chi connectivity index (χ4v) is 2.50. The van der Waals surface area contributed by atoms with E-state index >= 15 is 0 Å². The van der Waals surface area contributed by atoms with Gasteiger partial charge in [-0.2, -0.15) is 0 Å². The van der Waals surface area contributed by atoms with Gasteiger partial charge in [-0.1, -0.05) is 36.4 Å². The minimum atomic E-state index is 0.324. The van der Waals surface area contributed by atoms with Crippen LogP contribution in [0.2, 0.25) is 0 Å². The summed E-state index contributed by atoms with van der Waals surface area (Å²) in [5.41, 5.74) is 1.04. The summed E-state index contributed by atoms with van der Waals surface area (Å²) in [5, 5.41) is 15.7. The summed E-state index contributed by atoms with van der Waals surface area (Å²) in [7, 11) is 0. The minimum absolute atomic E-state index is 0.324. The van der Waals surface area contributed by atoms with E-state index in [0.29, 0.717) is 11.8 Å². The first-order valence-corrected chi connectivity index (χ1v) is 5.80. The molecule has 1 saturated heterocycles. The quantitative estimate of drug-likeness (QED) is 0.763. The third-order valence-corrected chi connectivity index (χ3v) is 3.37. The number of nitrogens with one attached hydrogen (secondary N) is 1. The molecule has 0 bridgehead atoms. The Morgan fingerprint density at radius 2 is 2.00 bits per heavy atom. The van der Waals surface area contributed by atoms with Gasteiger partial charge in [0.25, 0.3) is 0 Å². The van der Waals surface area contributed by atoms with E-state index in [1.807, 2.05) is 30.3 Å². The van der Waals surface area contributed by atoms with Crippen molar-refractivity contribution in [2.24, 2.45) is 0 Å². The summed E-state index contributed by atoms with van der Waals surface area (Å²) in [5.74, 6) is 0.442. The zero-order valence-electron chi connectivity index (χ0n) is 9.11. The van der Waals surface area contributed by atoms with Gasteiger partial charge in [-0.25, -0.2) is 0 Å². The van der Waals surface area contributed by atoms with Crippen molar-refractivity contribution in [3.8, 4) is 5.75 Å². The van der Waals surface area contributed by atoms with E-state index in [-0.39, 0.29) is 0 Å². The van der Waals surface area contributed by atoms with E-state index in [9.17, 15) is 5.11 Å². The Hall–Kier alpha value is -1.54. The highest BCUT2D eigenvalue weighted by atomic mass is 16.3. The first-order chi connectivity index (χ1) is 7.86. The Morgan fingerprint density at radius 3 is 2.81 bits per heavy atom. The molecule has 3 rings (SSSR count). The highest BCUT2D eigenvalue weighted by Crippen LogP contribution is 2.35. The molecular formula is C14H15NO. The topological polar surface area (TPSA) is 32.3 Å². The van der Waals surface area contributed by atoms with Gasteiger partial charge in [-0.3, -0.25) is 0 Å². The van der Waals surface area contributed by atoms with Crippen LogP contribution >= 0.6 is 0 Å². The highest BCUT2D eigenvalue weighted by molar-refractivity contribution is 5.89. The third-order valence-electron chi connectivity index (χ3n) is 3.37. The van der Waals surface area contributed by atoms with Crippen LogP contribution in [0.4, 0.5) is 0 Å². The molecule has 2 heteroatoms. The Kier molecular flexibility index (Phi) is 2.29. The summed E-state index contributed by atoms with van der Waals surface area (Å²) < 4.78 is 0. The monoisotopic (exact) mass is 213 g/mol. The van der Waals surface area contributed by atoms with Crippen LogP contribution in [-0.4, -0.2) is 11.7 Å². The lowest BCUT2D eigenvalue weighted by atomic mass is 9.99. The maximum absolute atomic E-state index is 10.3. The standard InChI is InChI=1S/C14H15NO/c16-14-11-5-2-1-4-10(11)7-8-12(14)13-6-3-9-15-13/h1-2,4-5,7-8,13,15-16H,3,6,9H2/t13-/m0/s1. The van der Waals surface area contributed by atoms with E-state index in [0.717, 1.165) is 29.3 Å². The fourth-order valence-electron chi connectivity index (χ4n) is 2.50. The number of benzene rings is 2. The second-order valence-corrected chi connectivity index (χ2v) is 4.37. The van der Waals surface area contributed by atoms with Crippen molar-refractivity contribution in [1.29, 1.82) is 0 Å². The van der Waals surface area contributed by atoms with Crippen LogP contribution in [0.1, 0.15) is 24.4 Å². The van der Waals surface area contributed by atoms with Crippen LogP contribution in [0.25, 0.3) is 10.8 Å². The van der Waals surface area contributed by atoms with Crippen molar-refractivity contribution in [3.05, 3.63) is 42.0 Å². The predicted molar refractivity (Wildman–Crippen MR) is 65.6 cm³/mol. The van der Waals surface area contributed by atoms with Gasteiger partial charge < -0.3 is 10.4 Å². The van der Waals surface area contributed by atoms with Gasteiger partial charge in [0.2, 0.25) is 0 Å². The summed E-state index contributed by atoms with van der Waals surface area (Å²) >= 11 is 0. The van der Waals surface area contributed by atoms with Crippen LogP contribution in [0.3, 0.4) is 0 Å². The van der Waals surface area contributed by atoms with Crippen LogP contribution in [0, 0.1) is 0 Å². The van der Waals surface area contributed by atoms with Crippen molar-refractivity contribution < 1.29 is 5.11 Å². The number of rotatable bonds is 1. The highest BCUT2D eigenvalue weighted by Gasteiger charge is 2.19. The zero-order valence-corrected chi connectivity index (χ0v) is 9.11. The molecule has 0 amide bonds. The summed E-state index contributed by atoms with van der Waals surface area (Å²) in [6.45, 7) is 1.05. The maximum atomic E-state index is 10.3. The number of fused-ring (bicyclic) bond motifs is 1. The maximum Gasteiger partial charge on any atom is 0.128 e. The van der Waals surface area contributed by atoms with Crippen molar-refractivity contribution in [3.63, 3.8) is 0 Å². The van der Waals surface area contributed by atoms with Gasteiger partial charge in [0.05, 0.1) is 0 Å². The molecule has 82 valence electrons. The number of phenols is 1. The smallest absolute Gasteiger partial charge is 0.128 e. The SMILES string of the molecule is Oc1c([C@@H]2CCCN2)ccc2ccccc12. The van der Waals surface area contributed by atoms with E-state index in [4.69, 9.17) is 0 Å². The first-order valence-electron chi connectivity index (χ1n) is 5.80. The molecule has 1 fully saturated rings. The molecule has 1 aliphatic rings.